The van der Waals surface area contributed by atoms with Crippen molar-refractivity contribution < 1.29 is 4.79 Å². The third-order valence-electron chi connectivity index (χ3n) is 2.53. The Morgan fingerprint density at radius 3 is 3.05 bits per heavy atom. The summed E-state index contributed by atoms with van der Waals surface area (Å²) >= 11 is 1.53. The highest BCUT2D eigenvalue weighted by atomic mass is 32.2. The largest absolute Gasteiger partial charge is 0.399 e. The molecule has 2 rings (SSSR count). The number of amides is 1. The van der Waals surface area contributed by atoms with Crippen LogP contribution in [0.1, 0.15) is 12.8 Å². The number of anilines is 2. The molecule has 1 heterocycles. The summed E-state index contributed by atoms with van der Waals surface area (Å²) in [4.78, 5) is 11.7. The SMILES string of the molecule is Cn1nnnc1SCCCC(=O)Nc1cccc(N)c1. The number of carbonyl (C=O) groups is 1. The van der Waals surface area contributed by atoms with Gasteiger partial charge in [0.2, 0.25) is 11.1 Å². The lowest BCUT2D eigenvalue weighted by Gasteiger charge is -2.05. The van der Waals surface area contributed by atoms with Crippen molar-refractivity contribution in [1.82, 2.24) is 20.2 Å². The van der Waals surface area contributed by atoms with Crippen molar-refractivity contribution in [3.63, 3.8) is 0 Å². The second kappa shape index (κ2) is 6.90. The number of nitrogens with zero attached hydrogens (tertiary/aromatic N) is 4. The fourth-order valence-electron chi connectivity index (χ4n) is 1.58. The fraction of sp³-hybridized carbons (Fsp3) is 0.333. The number of tetrazole rings is 1. The third kappa shape index (κ3) is 4.23. The number of nitrogens with two attached hydrogens (primary N) is 1. The van der Waals surface area contributed by atoms with E-state index < -0.39 is 0 Å². The van der Waals surface area contributed by atoms with Gasteiger partial charge in [0.1, 0.15) is 0 Å². The van der Waals surface area contributed by atoms with E-state index in [0.29, 0.717) is 12.1 Å². The number of thioether (sulfide) groups is 1. The van der Waals surface area contributed by atoms with Crippen LogP contribution in [0.5, 0.6) is 0 Å². The number of benzene rings is 1. The first kappa shape index (κ1) is 14.3. The van der Waals surface area contributed by atoms with Gasteiger partial charge in [0.05, 0.1) is 0 Å². The smallest absolute Gasteiger partial charge is 0.224 e. The van der Waals surface area contributed by atoms with Gasteiger partial charge in [-0.3, -0.25) is 4.79 Å². The standard InChI is InChI=1S/C12H16N6OS/c1-18-12(15-16-17-18)20-7-3-6-11(19)14-10-5-2-4-9(13)8-10/h2,4-5,8H,3,6-7,13H2,1H3,(H,14,19). The second-order valence-corrected chi connectivity index (χ2v) is 5.27. The van der Waals surface area contributed by atoms with E-state index in [-0.39, 0.29) is 5.91 Å². The van der Waals surface area contributed by atoms with Gasteiger partial charge in [0.15, 0.2) is 0 Å². The van der Waals surface area contributed by atoms with Crippen molar-refractivity contribution in [3.8, 4) is 0 Å². The summed E-state index contributed by atoms with van der Waals surface area (Å²) in [6.07, 6.45) is 1.21. The van der Waals surface area contributed by atoms with Crippen molar-refractivity contribution in [2.45, 2.75) is 18.0 Å². The maximum atomic E-state index is 11.7. The van der Waals surface area contributed by atoms with Crippen LogP contribution >= 0.6 is 11.8 Å². The maximum absolute atomic E-state index is 11.7. The van der Waals surface area contributed by atoms with Gasteiger partial charge in [-0.2, -0.15) is 0 Å². The zero-order valence-corrected chi connectivity index (χ0v) is 11.9. The molecular weight excluding hydrogens is 276 g/mol. The highest BCUT2D eigenvalue weighted by molar-refractivity contribution is 7.99. The van der Waals surface area contributed by atoms with Gasteiger partial charge in [-0.1, -0.05) is 17.8 Å². The van der Waals surface area contributed by atoms with E-state index in [1.165, 1.54) is 11.8 Å². The minimum atomic E-state index is -0.0210. The predicted molar refractivity (Wildman–Crippen MR) is 78.2 cm³/mol. The van der Waals surface area contributed by atoms with Crippen LogP contribution in [-0.4, -0.2) is 31.9 Å². The predicted octanol–water partition coefficient (Wildman–Crippen LogP) is 1.30. The Balaban J connectivity index is 1.69. The molecule has 7 nitrogen and oxygen atoms in total. The second-order valence-electron chi connectivity index (χ2n) is 4.21. The van der Waals surface area contributed by atoms with E-state index in [0.717, 1.165) is 23.0 Å². The molecule has 1 amide bonds. The maximum Gasteiger partial charge on any atom is 0.224 e. The number of nitrogen functional groups attached to an aromatic ring is 1. The Labute approximate surface area is 120 Å². The van der Waals surface area contributed by atoms with Crippen molar-refractivity contribution in [1.29, 1.82) is 0 Å². The molecule has 1 aromatic heterocycles. The van der Waals surface area contributed by atoms with Gasteiger partial charge in [-0.25, -0.2) is 4.68 Å². The molecule has 8 heteroatoms. The number of aryl methyl sites for hydroxylation is 1. The minimum absolute atomic E-state index is 0.0210. The number of rotatable bonds is 6. The van der Waals surface area contributed by atoms with Crippen LogP contribution in [0, 0.1) is 0 Å². The van der Waals surface area contributed by atoms with E-state index >= 15 is 0 Å². The first-order valence-corrected chi connectivity index (χ1v) is 7.14. The van der Waals surface area contributed by atoms with E-state index in [1.807, 2.05) is 12.1 Å². The Morgan fingerprint density at radius 2 is 2.35 bits per heavy atom. The number of hydrogen-bond acceptors (Lipinski definition) is 6. The summed E-state index contributed by atoms with van der Waals surface area (Å²) in [5.41, 5.74) is 7.00. The topological polar surface area (TPSA) is 98.7 Å². The Kier molecular flexibility index (Phi) is 4.94. The minimum Gasteiger partial charge on any atom is -0.399 e. The Morgan fingerprint density at radius 1 is 1.50 bits per heavy atom. The van der Waals surface area contributed by atoms with Crippen LogP contribution in [0.4, 0.5) is 11.4 Å². The number of carbonyl (C=O) groups excluding carboxylic acids is 1. The van der Waals surface area contributed by atoms with Crippen LogP contribution in [0.25, 0.3) is 0 Å². The molecule has 20 heavy (non-hydrogen) atoms. The highest BCUT2D eigenvalue weighted by Gasteiger charge is 2.05. The Bertz CT molecular complexity index is 585. The summed E-state index contributed by atoms with van der Waals surface area (Å²) in [5.74, 6) is 0.769. The van der Waals surface area contributed by atoms with Gasteiger partial charge in [-0.15, -0.1) is 5.10 Å². The van der Waals surface area contributed by atoms with Crippen LogP contribution in [0.3, 0.4) is 0 Å². The van der Waals surface area contributed by atoms with Gasteiger partial charge < -0.3 is 11.1 Å². The first-order valence-electron chi connectivity index (χ1n) is 6.15. The molecule has 0 aliphatic rings. The van der Waals surface area contributed by atoms with Crippen molar-refractivity contribution in [3.05, 3.63) is 24.3 Å². The molecule has 0 unspecified atom stereocenters. The third-order valence-corrected chi connectivity index (χ3v) is 3.63. The van der Waals surface area contributed by atoms with E-state index in [4.69, 9.17) is 5.73 Å². The molecule has 0 spiro atoms. The number of hydrogen-bond donors (Lipinski definition) is 2. The summed E-state index contributed by atoms with van der Waals surface area (Å²) in [5, 5.41) is 14.7. The van der Waals surface area contributed by atoms with Crippen LogP contribution in [-0.2, 0) is 11.8 Å². The lowest BCUT2D eigenvalue weighted by atomic mass is 10.2. The number of aromatic nitrogens is 4. The zero-order valence-electron chi connectivity index (χ0n) is 11.1. The van der Waals surface area contributed by atoms with Crippen molar-refractivity contribution >= 4 is 29.0 Å². The Hall–Kier alpha value is -2.09. The first-order chi connectivity index (χ1) is 9.65. The monoisotopic (exact) mass is 292 g/mol. The zero-order chi connectivity index (χ0) is 14.4. The molecule has 0 aliphatic carbocycles. The van der Waals surface area contributed by atoms with Gasteiger partial charge in [-0.05, 0) is 35.0 Å². The molecule has 0 atom stereocenters. The molecule has 0 fully saturated rings. The summed E-state index contributed by atoms with van der Waals surface area (Å²) in [7, 11) is 1.79. The van der Waals surface area contributed by atoms with Crippen LogP contribution in [0.2, 0.25) is 0 Å². The fourth-order valence-corrected chi connectivity index (χ4v) is 2.37. The summed E-state index contributed by atoms with van der Waals surface area (Å²) < 4.78 is 1.61. The average molecular weight is 292 g/mol. The molecule has 0 bridgehead atoms. The molecule has 0 radical (unpaired) electrons. The van der Waals surface area contributed by atoms with Crippen LogP contribution in [0.15, 0.2) is 29.4 Å². The molecule has 3 N–H and O–H groups in total. The lowest BCUT2D eigenvalue weighted by molar-refractivity contribution is -0.116. The number of nitrogens with one attached hydrogen (secondary N) is 1. The van der Waals surface area contributed by atoms with Gasteiger partial charge >= 0.3 is 0 Å². The molecule has 0 aliphatic heterocycles. The molecule has 1 aromatic carbocycles. The summed E-state index contributed by atoms with van der Waals surface area (Å²) in [6.45, 7) is 0. The van der Waals surface area contributed by atoms with Crippen molar-refractivity contribution in [2.24, 2.45) is 7.05 Å². The van der Waals surface area contributed by atoms with Gasteiger partial charge in [0.25, 0.3) is 0 Å². The molecule has 106 valence electrons. The molecule has 0 saturated heterocycles. The normalized spacial score (nSPS) is 10.4. The summed E-state index contributed by atoms with van der Waals surface area (Å²) in [6, 6.07) is 7.13. The van der Waals surface area contributed by atoms with E-state index in [1.54, 1.807) is 23.9 Å². The van der Waals surface area contributed by atoms with E-state index in [2.05, 4.69) is 20.8 Å². The van der Waals surface area contributed by atoms with Gasteiger partial charge in [0, 0.05) is 30.6 Å². The molecule has 2 aromatic rings. The molecular formula is C12H16N6OS. The quantitative estimate of drug-likeness (QED) is 0.473. The van der Waals surface area contributed by atoms with Crippen LogP contribution < -0.4 is 11.1 Å². The highest BCUT2D eigenvalue weighted by Crippen LogP contribution is 2.15. The van der Waals surface area contributed by atoms with E-state index in [9.17, 15) is 4.79 Å². The molecule has 0 saturated carbocycles. The lowest BCUT2D eigenvalue weighted by Crippen LogP contribution is -2.11. The average Bonchev–Trinajstić information content (AvgIpc) is 2.80. The van der Waals surface area contributed by atoms with Crippen molar-refractivity contribution in [2.75, 3.05) is 16.8 Å².